The number of carbonyl (C=O) groups excluding carboxylic acids is 1. The molecular formula is C23H26ClN3O2S. The molecule has 7 heteroatoms. The number of amides is 1. The van der Waals surface area contributed by atoms with Crippen molar-refractivity contribution in [2.24, 2.45) is 5.92 Å². The maximum absolute atomic E-state index is 12.5. The van der Waals surface area contributed by atoms with E-state index in [0.717, 1.165) is 58.5 Å². The fraction of sp³-hybridized carbons (Fsp3) is 0.391. The monoisotopic (exact) mass is 443 g/mol. The van der Waals surface area contributed by atoms with Gasteiger partial charge in [-0.25, -0.2) is 4.98 Å². The quantitative estimate of drug-likeness (QED) is 0.562. The van der Waals surface area contributed by atoms with E-state index in [1.807, 2.05) is 43.3 Å². The minimum absolute atomic E-state index is 0.0744. The van der Waals surface area contributed by atoms with Gasteiger partial charge >= 0.3 is 0 Å². The van der Waals surface area contributed by atoms with Gasteiger partial charge in [0.15, 0.2) is 5.13 Å². The lowest BCUT2D eigenvalue weighted by molar-refractivity contribution is -0.125. The Balaban J connectivity index is 1.27. The molecule has 1 amide bonds. The molecule has 2 heterocycles. The minimum Gasteiger partial charge on any atom is -0.494 e. The molecule has 1 aliphatic rings. The third-order valence-electron chi connectivity index (χ3n) is 5.42. The van der Waals surface area contributed by atoms with E-state index in [-0.39, 0.29) is 11.8 Å². The first-order valence-electron chi connectivity index (χ1n) is 10.4. The molecule has 1 aromatic heterocycles. The van der Waals surface area contributed by atoms with E-state index in [9.17, 15) is 4.79 Å². The van der Waals surface area contributed by atoms with Gasteiger partial charge in [0.1, 0.15) is 5.75 Å². The Bertz CT molecular complexity index is 997. The standard InChI is InChI=1S/C23H26ClN3O2S/c1-2-29-19-7-8-20-21(15-19)30-23(26-20)27-13-10-17(11-14-27)22(28)25-12-9-16-3-5-18(24)6-4-16/h3-8,15,17H,2,9-14H2,1H3,(H,25,28). The van der Waals surface area contributed by atoms with E-state index in [1.54, 1.807) is 11.3 Å². The summed E-state index contributed by atoms with van der Waals surface area (Å²) in [4.78, 5) is 19.6. The average Bonchev–Trinajstić information content (AvgIpc) is 3.19. The van der Waals surface area contributed by atoms with E-state index < -0.39 is 0 Å². The second kappa shape index (κ2) is 9.67. The van der Waals surface area contributed by atoms with E-state index >= 15 is 0 Å². The highest BCUT2D eigenvalue weighted by Crippen LogP contribution is 2.33. The van der Waals surface area contributed by atoms with Gasteiger partial charge in [-0.1, -0.05) is 35.1 Å². The van der Waals surface area contributed by atoms with Crippen LogP contribution in [0.3, 0.4) is 0 Å². The molecule has 0 atom stereocenters. The van der Waals surface area contributed by atoms with Crippen molar-refractivity contribution in [3.05, 3.63) is 53.1 Å². The third kappa shape index (κ3) is 5.05. The Kier molecular flexibility index (Phi) is 6.75. The summed E-state index contributed by atoms with van der Waals surface area (Å²) in [5.41, 5.74) is 2.18. The van der Waals surface area contributed by atoms with E-state index in [0.29, 0.717) is 13.2 Å². The van der Waals surface area contributed by atoms with Crippen LogP contribution in [0.25, 0.3) is 10.2 Å². The summed E-state index contributed by atoms with van der Waals surface area (Å²) in [7, 11) is 0. The van der Waals surface area contributed by atoms with Crippen LogP contribution in [0.1, 0.15) is 25.3 Å². The first-order chi connectivity index (χ1) is 14.6. The number of piperidine rings is 1. The number of rotatable bonds is 7. The predicted octanol–water partition coefficient (Wildman–Crippen LogP) is 4.92. The van der Waals surface area contributed by atoms with Crippen LogP contribution >= 0.6 is 22.9 Å². The van der Waals surface area contributed by atoms with Crippen molar-refractivity contribution in [2.75, 3.05) is 31.1 Å². The summed E-state index contributed by atoms with van der Waals surface area (Å²) < 4.78 is 6.73. The number of nitrogens with zero attached hydrogens (tertiary/aromatic N) is 2. The van der Waals surface area contributed by atoms with Crippen LogP contribution in [0.15, 0.2) is 42.5 Å². The van der Waals surface area contributed by atoms with Gasteiger partial charge in [0, 0.05) is 30.6 Å². The number of ether oxygens (including phenoxy) is 1. The highest BCUT2D eigenvalue weighted by Gasteiger charge is 2.26. The van der Waals surface area contributed by atoms with E-state index in [4.69, 9.17) is 21.3 Å². The molecule has 0 spiro atoms. The van der Waals surface area contributed by atoms with Crippen LogP contribution in [0.4, 0.5) is 5.13 Å². The van der Waals surface area contributed by atoms with E-state index in [1.165, 1.54) is 5.56 Å². The largest absolute Gasteiger partial charge is 0.494 e. The Morgan fingerprint density at radius 1 is 1.23 bits per heavy atom. The summed E-state index contributed by atoms with van der Waals surface area (Å²) in [5, 5.41) is 4.85. The molecule has 0 aliphatic carbocycles. The molecule has 0 bridgehead atoms. The molecule has 0 saturated carbocycles. The van der Waals surface area contributed by atoms with Crippen molar-refractivity contribution in [3.63, 3.8) is 0 Å². The second-order valence-corrected chi connectivity index (χ2v) is 8.93. The maximum Gasteiger partial charge on any atom is 0.223 e. The number of halogens is 1. The number of benzene rings is 2. The van der Waals surface area contributed by atoms with Gasteiger partial charge in [0.25, 0.3) is 0 Å². The Hall–Kier alpha value is -2.31. The smallest absolute Gasteiger partial charge is 0.223 e. The Morgan fingerprint density at radius 3 is 2.73 bits per heavy atom. The molecule has 3 aromatic rings. The summed E-state index contributed by atoms with van der Waals surface area (Å²) >= 11 is 7.60. The minimum atomic E-state index is 0.0744. The molecule has 0 unspecified atom stereocenters. The van der Waals surface area contributed by atoms with E-state index in [2.05, 4.69) is 16.3 Å². The molecule has 1 aliphatic heterocycles. The lowest BCUT2D eigenvalue weighted by Crippen LogP contribution is -2.41. The van der Waals surface area contributed by atoms with Crippen molar-refractivity contribution in [1.29, 1.82) is 0 Å². The number of anilines is 1. The first-order valence-corrected chi connectivity index (χ1v) is 11.6. The zero-order valence-electron chi connectivity index (χ0n) is 17.1. The fourth-order valence-corrected chi connectivity index (χ4v) is 4.91. The molecule has 30 heavy (non-hydrogen) atoms. The highest BCUT2D eigenvalue weighted by molar-refractivity contribution is 7.22. The molecule has 1 N–H and O–H groups in total. The van der Waals surface area contributed by atoms with Gasteiger partial charge in [0.05, 0.1) is 16.8 Å². The van der Waals surface area contributed by atoms with Crippen molar-refractivity contribution in [2.45, 2.75) is 26.2 Å². The van der Waals surface area contributed by atoms with Gasteiger partial charge in [-0.2, -0.15) is 0 Å². The zero-order valence-corrected chi connectivity index (χ0v) is 18.6. The molecule has 1 fully saturated rings. The predicted molar refractivity (Wildman–Crippen MR) is 124 cm³/mol. The van der Waals surface area contributed by atoms with Gasteiger partial charge < -0.3 is 15.0 Å². The fourth-order valence-electron chi connectivity index (χ4n) is 3.74. The van der Waals surface area contributed by atoms with Gasteiger partial charge in [-0.05, 0) is 62.1 Å². The number of hydrogen-bond acceptors (Lipinski definition) is 5. The summed E-state index contributed by atoms with van der Waals surface area (Å²) in [5.74, 6) is 1.12. The van der Waals surface area contributed by atoms with Crippen molar-refractivity contribution in [3.8, 4) is 5.75 Å². The summed E-state index contributed by atoms with van der Waals surface area (Å²) in [6, 6.07) is 13.8. The van der Waals surface area contributed by atoms with Gasteiger partial charge in [0.2, 0.25) is 5.91 Å². The number of carbonyl (C=O) groups is 1. The maximum atomic E-state index is 12.5. The zero-order chi connectivity index (χ0) is 20.9. The molecule has 0 radical (unpaired) electrons. The summed E-state index contributed by atoms with van der Waals surface area (Å²) in [6.07, 6.45) is 2.52. The van der Waals surface area contributed by atoms with Crippen LogP contribution in [-0.4, -0.2) is 37.1 Å². The molecule has 4 rings (SSSR count). The van der Waals surface area contributed by atoms with Gasteiger partial charge in [-0.15, -0.1) is 0 Å². The number of nitrogens with one attached hydrogen (secondary N) is 1. The molecule has 1 saturated heterocycles. The molecule has 158 valence electrons. The van der Waals surface area contributed by atoms with Crippen LogP contribution in [-0.2, 0) is 11.2 Å². The second-order valence-electron chi connectivity index (χ2n) is 7.49. The Labute approximate surface area is 186 Å². The highest BCUT2D eigenvalue weighted by atomic mass is 35.5. The van der Waals surface area contributed by atoms with Crippen molar-refractivity contribution >= 4 is 44.2 Å². The number of hydrogen-bond donors (Lipinski definition) is 1. The molecule has 2 aromatic carbocycles. The topological polar surface area (TPSA) is 54.5 Å². The molecule has 5 nitrogen and oxygen atoms in total. The first kappa shape index (κ1) is 20.9. The van der Waals surface area contributed by atoms with Crippen LogP contribution in [0.5, 0.6) is 5.75 Å². The Morgan fingerprint density at radius 2 is 2.00 bits per heavy atom. The molecular weight excluding hydrogens is 418 g/mol. The SMILES string of the molecule is CCOc1ccc2nc(N3CCC(C(=O)NCCc4ccc(Cl)cc4)CC3)sc2c1. The van der Waals surface area contributed by atoms with Crippen LogP contribution in [0, 0.1) is 5.92 Å². The van der Waals surface area contributed by atoms with Crippen molar-refractivity contribution in [1.82, 2.24) is 10.3 Å². The van der Waals surface area contributed by atoms with Gasteiger partial charge in [-0.3, -0.25) is 4.79 Å². The lowest BCUT2D eigenvalue weighted by atomic mass is 9.96. The third-order valence-corrected chi connectivity index (χ3v) is 6.75. The number of aromatic nitrogens is 1. The average molecular weight is 444 g/mol. The number of thiazole rings is 1. The van der Waals surface area contributed by atoms with Crippen LogP contribution in [0.2, 0.25) is 5.02 Å². The summed E-state index contributed by atoms with van der Waals surface area (Å²) in [6.45, 7) is 5.01. The normalized spacial score (nSPS) is 14.8. The lowest BCUT2D eigenvalue weighted by Gasteiger charge is -2.31. The van der Waals surface area contributed by atoms with Crippen molar-refractivity contribution < 1.29 is 9.53 Å². The number of fused-ring (bicyclic) bond motifs is 1. The van der Waals surface area contributed by atoms with Crippen LogP contribution < -0.4 is 15.0 Å².